The Morgan fingerprint density at radius 1 is 0.452 bits per heavy atom. The van der Waals surface area contributed by atoms with E-state index in [4.69, 9.17) is 4.74 Å². The van der Waals surface area contributed by atoms with Crippen molar-refractivity contribution in [1.82, 2.24) is 19.6 Å². The van der Waals surface area contributed by atoms with Gasteiger partial charge in [-0.3, -0.25) is 14.5 Å². The fourth-order valence-corrected chi connectivity index (χ4v) is 9.51. The summed E-state index contributed by atoms with van der Waals surface area (Å²) in [6.45, 7) is 23.0. The molecule has 0 aromatic rings. The number of esters is 1. The van der Waals surface area contributed by atoms with Gasteiger partial charge in [0.05, 0.1) is 13.2 Å². The van der Waals surface area contributed by atoms with E-state index in [-0.39, 0.29) is 5.97 Å². The van der Waals surface area contributed by atoms with Crippen LogP contribution >= 0.6 is 0 Å². The molecule has 0 aromatic heterocycles. The molecule has 1 unspecified atom stereocenters. The number of unbranched alkanes of at least 4 members (excludes halogenated alkanes) is 26. The van der Waals surface area contributed by atoms with Crippen molar-refractivity contribution in [2.45, 2.75) is 259 Å². The van der Waals surface area contributed by atoms with E-state index in [1.54, 1.807) is 0 Å². The Hall–Kier alpha value is -1.18. The minimum atomic E-state index is -0.0359. The van der Waals surface area contributed by atoms with Gasteiger partial charge in [0, 0.05) is 39.1 Å². The molecule has 1 atom stereocenters. The van der Waals surface area contributed by atoms with Crippen LogP contribution in [0.5, 0.6) is 0 Å². The molecule has 0 saturated carbocycles. The van der Waals surface area contributed by atoms with Gasteiger partial charge >= 0.3 is 5.97 Å². The van der Waals surface area contributed by atoms with E-state index in [0.29, 0.717) is 31.4 Å². The molecule has 1 saturated heterocycles. The van der Waals surface area contributed by atoms with E-state index in [1.165, 1.54) is 199 Å². The van der Waals surface area contributed by atoms with E-state index in [0.717, 1.165) is 84.5 Å². The van der Waals surface area contributed by atoms with Gasteiger partial charge in [0.2, 0.25) is 5.91 Å². The normalized spacial score (nSPS) is 14.5. The molecular weight excluding hydrogens is 765 g/mol. The first-order valence-corrected chi connectivity index (χ1v) is 28.1. The average Bonchev–Trinajstić information content (AvgIpc) is 3.27. The summed E-state index contributed by atoms with van der Waals surface area (Å²) in [5.41, 5.74) is 0. The minimum Gasteiger partial charge on any atom is -0.466 e. The Morgan fingerprint density at radius 3 is 1.32 bits per heavy atom. The molecule has 1 aliphatic rings. The standard InChI is InChI=1S/C55H110N4O3/c1-6-11-16-20-24-28-32-41-56(42-33-29-25-21-17-12-7-2)47-48-58(44-35-31-27-23-19-14-9-4)52-54(60)59-46-37-39-53(51-59)50-57(43-34-30-26-22-18-13-8-3)45-38-40-55(61)62-49-36-15-10-5/h53H,6-52H2,1-5H3. The Labute approximate surface area is 388 Å². The quantitative estimate of drug-likeness (QED) is 0.0448. The molecule has 1 fully saturated rings. The number of amides is 1. The Bertz CT molecular complexity index is 947. The van der Waals surface area contributed by atoms with E-state index in [1.807, 2.05) is 0 Å². The number of piperidine rings is 1. The monoisotopic (exact) mass is 875 g/mol. The number of rotatable bonds is 47. The van der Waals surface area contributed by atoms with Gasteiger partial charge in [-0.1, -0.05) is 202 Å². The second-order valence-corrected chi connectivity index (χ2v) is 19.8. The lowest BCUT2D eigenvalue weighted by atomic mass is 9.96. The van der Waals surface area contributed by atoms with Crippen molar-refractivity contribution in [3.05, 3.63) is 0 Å². The van der Waals surface area contributed by atoms with Crippen LogP contribution in [0.1, 0.15) is 259 Å². The maximum absolute atomic E-state index is 14.2. The molecule has 368 valence electrons. The molecule has 0 bridgehead atoms. The summed E-state index contributed by atoms with van der Waals surface area (Å²) in [4.78, 5) is 36.9. The molecule has 1 amide bonds. The van der Waals surface area contributed by atoms with Crippen molar-refractivity contribution >= 4 is 11.9 Å². The fourth-order valence-electron chi connectivity index (χ4n) is 9.51. The number of hydrogen-bond donors (Lipinski definition) is 0. The number of carbonyl (C=O) groups is 2. The highest BCUT2D eigenvalue weighted by atomic mass is 16.5. The third kappa shape index (κ3) is 36.1. The molecule has 1 aliphatic heterocycles. The smallest absolute Gasteiger partial charge is 0.305 e. The SMILES string of the molecule is CCCCCCCCCN(CCCCCCCCC)CCN(CCCCCCCCC)CC(=O)N1CCCC(CN(CCCCCCCCC)CCCC(=O)OCCCCC)C1. The maximum atomic E-state index is 14.2. The first-order chi connectivity index (χ1) is 30.5. The second kappa shape index (κ2) is 45.0. The zero-order chi connectivity index (χ0) is 45.0. The molecule has 1 heterocycles. The largest absolute Gasteiger partial charge is 0.466 e. The highest BCUT2D eigenvalue weighted by Crippen LogP contribution is 2.20. The van der Waals surface area contributed by atoms with Gasteiger partial charge in [-0.15, -0.1) is 0 Å². The third-order valence-electron chi connectivity index (χ3n) is 13.7. The number of ether oxygens (including phenoxy) is 1. The highest BCUT2D eigenvalue weighted by molar-refractivity contribution is 5.78. The molecule has 0 aromatic carbocycles. The summed E-state index contributed by atoms with van der Waals surface area (Å²) in [7, 11) is 0. The first-order valence-electron chi connectivity index (χ1n) is 28.1. The Morgan fingerprint density at radius 2 is 0.839 bits per heavy atom. The maximum Gasteiger partial charge on any atom is 0.305 e. The molecule has 7 heteroatoms. The number of nitrogens with zero attached hydrogens (tertiary/aromatic N) is 4. The van der Waals surface area contributed by atoms with Gasteiger partial charge in [-0.2, -0.15) is 0 Å². The van der Waals surface area contributed by atoms with Crippen molar-refractivity contribution in [3.63, 3.8) is 0 Å². The molecule has 7 nitrogen and oxygen atoms in total. The van der Waals surface area contributed by atoms with Crippen LogP contribution < -0.4 is 0 Å². The molecular formula is C55H110N4O3. The van der Waals surface area contributed by atoms with Crippen molar-refractivity contribution in [3.8, 4) is 0 Å². The summed E-state index contributed by atoms with van der Waals surface area (Å²) in [6.07, 6.45) is 44.4. The first kappa shape index (κ1) is 58.8. The van der Waals surface area contributed by atoms with Crippen molar-refractivity contribution in [2.24, 2.45) is 5.92 Å². The topological polar surface area (TPSA) is 56.3 Å². The molecule has 0 radical (unpaired) electrons. The summed E-state index contributed by atoms with van der Waals surface area (Å²) in [5, 5.41) is 0. The highest BCUT2D eigenvalue weighted by Gasteiger charge is 2.26. The van der Waals surface area contributed by atoms with Crippen molar-refractivity contribution in [2.75, 3.05) is 78.6 Å². The lowest BCUT2D eigenvalue weighted by molar-refractivity contribution is -0.144. The summed E-state index contributed by atoms with van der Waals surface area (Å²) < 4.78 is 5.54. The molecule has 0 aliphatic carbocycles. The summed E-state index contributed by atoms with van der Waals surface area (Å²) >= 11 is 0. The zero-order valence-electron chi connectivity index (χ0n) is 42.8. The van der Waals surface area contributed by atoms with Crippen LogP contribution in [0, 0.1) is 5.92 Å². The van der Waals surface area contributed by atoms with E-state index < -0.39 is 0 Å². The molecule has 0 spiro atoms. The van der Waals surface area contributed by atoms with Crippen LogP contribution in [0.4, 0.5) is 0 Å². The Balaban J connectivity index is 2.88. The summed E-state index contributed by atoms with van der Waals surface area (Å²) in [5.74, 6) is 0.827. The van der Waals surface area contributed by atoms with Crippen LogP contribution in [0.25, 0.3) is 0 Å². The van der Waals surface area contributed by atoms with Crippen LogP contribution in [0.2, 0.25) is 0 Å². The number of carbonyl (C=O) groups excluding carboxylic acids is 2. The fraction of sp³-hybridized carbons (Fsp3) is 0.964. The lowest BCUT2D eigenvalue weighted by Gasteiger charge is -2.37. The predicted octanol–water partition coefficient (Wildman–Crippen LogP) is 14.6. The number of likely N-dealkylation sites (tertiary alicyclic amines) is 1. The predicted molar refractivity (Wildman–Crippen MR) is 270 cm³/mol. The van der Waals surface area contributed by atoms with Gasteiger partial charge in [0.15, 0.2) is 0 Å². The summed E-state index contributed by atoms with van der Waals surface area (Å²) in [6, 6.07) is 0. The van der Waals surface area contributed by atoms with E-state index in [9.17, 15) is 9.59 Å². The van der Waals surface area contributed by atoms with Crippen LogP contribution in [-0.2, 0) is 14.3 Å². The lowest BCUT2D eigenvalue weighted by Crippen LogP contribution is -2.48. The Kier molecular flexibility index (Phi) is 42.7. The second-order valence-electron chi connectivity index (χ2n) is 19.8. The van der Waals surface area contributed by atoms with Gasteiger partial charge in [0.25, 0.3) is 0 Å². The van der Waals surface area contributed by atoms with Gasteiger partial charge in [-0.05, 0) is 90.0 Å². The average molecular weight is 876 g/mol. The van der Waals surface area contributed by atoms with Crippen LogP contribution in [-0.4, -0.2) is 110 Å². The van der Waals surface area contributed by atoms with Crippen molar-refractivity contribution in [1.29, 1.82) is 0 Å². The number of hydrogen-bond acceptors (Lipinski definition) is 6. The van der Waals surface area contributed by atoms with Gasteiger partial charge in [-0.25, -0.2) is 0 Å². The molecule has 62 heavy (non-hydrogen) atoms. The zero-order valence-corrected chi connectivity index (χ0v) is 42.8. The van der Waals surface area contributed by atoms with E-state index >= 15 is 0 Å². The van der Waals surface area contributed by atoms with Crippen LogP contribution in [0.15, 0.2) is 0 Å². The van der Waals surface area contributed by atoms with Gasteiger partial charge < -0.3 is 19.4 Å². The van der Waals surface area contributed by atoms with Crippen LogP contribution in [0.3, 0.4) is 0 Å². The minimum absolute atomic E-state index is 0.0359. The third-order valence-corrected chi connectivity index (χ3v) is 13.7. The molecule has 1 rings (SSSR count). The van der Waals surface area contributed by atoms with Gasteiger partial charge in [0.1, 0.15) is 0 Å². The van der Waals surface area contributed by atoms with Crippen molar-refractivity contribution < 1.29 is 14.3 Å². The van der Waals surface area contributed by atoms with E-state index in [2.05, 4.69) is 54.2 Å². The molecule has 0 N–H and O–H groups in total.